The van der Waals surface area contributed by atoms with Crippen LogP contribution in [0.1, 0.15) is 125 Å². The van der Waals surface area contributed by atoms with Crippen molar-refractivity contribution in [3.05, 3.63) is 238 Å². The quantitative estimate of drug-likeness (QED) is 0.170. The van der Waals surface area contributed by atoms with Gasteiger partial charge in [0, 0.05) is 44.1 Å². The van der Waals surface area contributed by atoms with E-state index in [1.165, 1.54) is 129 Å². The SMILES string of the molecule is CC1(C)c2ccccc2-c2ccc(N(c3ccc(-c4cc5c6c(c4)C(C)(C)c4cc(-c7ccccc7)cc7c4N6c4c(cccc4C5(C)C)C7(C)C)cc3)c3ccc4c(c3)C(C)(C)c3ccccc3-4)cc21. The lowest BCUT2D eigenvalue weighted by atomic mass is 9.60. The van der Waals surface area contributed by atoms with Gasteiger partial charge in [-0.2, -0.15) is 0 Å². The van der Waals surface area contributed by atoms with Gasteiger partial charge < -0.3 is 9.80 Å². The summed E-state index contributed by atoms with van der Waals surface area (Å²) in [6.07, 6.45) is 0. The van der Waals surface area contributed by atoms with E-state index in [1.54, 1.807) is 0 Å². The van der Waals surface area contributed by atoms with E-state index in [0.29, 0.717) is 0 Å². The Hall–Kier alpha value is -7.42. The zero-order valence-corrected chi connectivity index (χ0v) is 42.7. The Morgan fingerprint density at radius 2 is 0.592 bits per heavy atom. The Bertz CT molecular complexity index is 3680. The van der Waals surface area contributed by atoms with Crippen LogP contribution in [0.15, 0.2) is 182 Å². The summed E-state index contributed by atoms with van der Waals surface area (Å²) < 4.78 is 0. The van der Waals surface area contributed by atoms with Crippen LogP contribution in [0.2, 0.25) is 0 Å². The molecule has 9 aromatic rings. The molecule has 14 rings (SSSR count). The highest BCUT2D eigenvalue weighted by atomic mass is 15.2. The molecule has 2 aliphatic carbocycles. The first kappa shape index (κ1) is 42.5. The molecule has 9 aromatic carbocycles. The van der Waals surface area contributed by atoms with Crippen LogP contribution >= 0.6 is 0 Å². The molecule has 3 aliphatic heterocycles. The standard InChI is InChI=1S/C69H60N2/c1-65(2)52-23-16-14-21-48(52)50-33-31-46(39-56(50)65)70(47-32-34-51-49-22-15-17-24-53(49)66(3,4)57(51)40-47)45-29-27-42(28-30-45)44-37-59-64-61(38-44)69(9,10)60-36-43(41-19-12-11-13-20-41)35-58-63(60)71(64)62-54(67(58,5)6)25-18-26-55(62)68(59,7)8/h11-40H,1-10H3. The molecule has 3 heterocycles. The highest BCUT2D eigenvalue weighted by Gasteiger charge is 2.52. The van der Waals surface area contributed by atoms with Crippen LogP contribution in [0.5, 0.6) is 0 Å². The van der Waals surface area contributed by atoms with E-state index >= 15 is 0 Å². The molecule has 0 fully saturated rings. The summed E-state index contributed by atoms with van der Waals surface area (Å²) in [4.78, 5) is 5.19. The number of benzene rings is 9. The topological polar surface area (TPSA) is 6.48 Å². The molecule has 0 radical (unpaired) electrons. The van der Waals surface area contributed by atoms with Gasteiger partial charge in [0.1, 0.15) is 0 Å². The average molecular weight is 917 g/mol. The van der Waals surface area contributed by atoms with Crippen LogP contribution < -0.4 is 9.80 Å². The van der Waals surface area contributed by atoms with Crippen LogP contribution in [-0.4, -0.2) is 0 Å². The molecule has 0 amide bonds. The van der Waals surface area contributed by atoms with Crippen LogP contribution in [0.3, 0.4) is 0 Å². The highest BCUT2D eigenvalue weighted by molar-refractivity contribution is 6.00. The van der Waals surface area contributed by atoms with Crippen molar-refractivity contribution in [2.75, 3.05) is 9.80 Å². The maximum absolute atomic E-state index is 2.69. The van der Waals surface area contributed by atoms with Crippen molar-refractivity contribution in [3.8, 4) is 44.5 Å². The molecule has 2 nitrogen and oxygen atoms in total. The fourth-order valence-corrected chi connectivity index (χ4v) is 14.1. The van der Waals surface area contributed by atoms with Crippen LogP contribution in [-0.2, 0) is 27.1 Å². The number of rotatable bonds is 5. The summed E-state index contributed by atoms with van der Waals surface area (Å²) in [6.45, 7) is 24.3. The van der Waals surface area contributed by atoms with Gasteiger partial charge in [0.2, 0.25) is 0 Å². The smallest absolute Gasteiger partial charge is 0.0544 e. The van der Waals surface area contributed by atoms with Crippen molar-refractivity contribution in [3.63, 3.8) is 0 Å². The molecule has 0 bridgehead atoms. The minimum atomic E-state index is -0.278. The minimum Gasteiger partial charge on any atom is -0.310 e. The number of hydrogen-bond acceptors (Lipinski definition) is 2. The summed E-state index contributed by atoms with van der Waals surface area (Å²) in [5.74, 6) is 0. The van der Waals surface area contributed by atoms with Crippen LogP contribution in [0.4, 0.5) is 34.1 Å². The molecular formula is C69H60N2. The molecule has 0 atom stereocenters. The van der Waals surface area contributed by atoms with E-state index in [-0.39, 0.29) is 27.1 Å². The first-order chi connectivity index (χ1) is 34.0. The molecule has 0 N–H and O–H groups in total. The van der Waals surface area contributed by atoms with E-state index in [1.807, 2.05) is 0 Å². The molecule has 2 heteroatoms. The monoisotopic (exact) mass is 916 g/mol. The van der Waals surface area contributed by atoms with Crippen LogP contribution in [0.25, 0.3) is 44.5 Å². The molecular weight excluding hydrogens is 857 g/mol. The second-order valence-corrected chi connectivity index (χ2v) is 23.8. The highest BCUT2D eigenvalue weighted by Crippen LogP contribution is 2.67. The maximum atomic E-state index is 2.69. The molecule has 0 unspecified atom stereocenters. The van der Waals surface area contributed by atoms with Crippen molar-refractivity contribution in [2.24, 2.45) is 0 Å². The summed E-state index contributed by atoms with van der Waals surface area (Å²) in [7, 11) is 0. The summed E-state index contributed by atoms with van der Waals surface area (Å²) in [5, 5.41) is 0. The Kier molecular flexibility index (Phi) is 8.32. The molecule has 0 aromatic heterocycles. The third kappa shape index (κ3) is 5.49. The lowest BCUT2D eigenvalue weighted by Gasteiger charge is -2.55. The lowest BCUT2D eigenvalue weighted by molar-refractivity contribution is 0.567. The van der Waals surface area contributed by atoms with Crippen molar-refractivity contribution in [1.82, 2.24) is 0 Å². The predicted molar refractivity (Wildman–Crippen MR) is 298 cm³/mol. The zero-order chi connectivity index (χ0) is 48.7. The summed E-state index contributed by atoms with van der Waals surface area (Å²) in [5.41, 5.74) is 30.9. The van der Waals surface area contributed by atoms with Gasteiger partial charge in [-0.05, 0) is 161 Å². The Labute approximate surface area is 420 Å². The minimum absolute atomic E-state index is 0.120. The Morgan fingerprint density at radius 3 is 1.06 bits per heavy atom. The molecule has 71 heavy (non-hydrogen) atoms. The molecule has 0 saturated carbocycles. The van der Waals surface area contributed by atoms with Crippen molar-refractivity contribution < 1.29 is 0 Å². The van der Waals surface area contributed by atoms with Gasteiger partial charge in [0.25, 0.3) is 0 Å². The normalized spacial score (nSPS) is 17.4. The fourth-order valence-electron chi connectivity index (χ4n) is 14.1. The second-order valence-electron chi connectivity index (χ2n) is 23.8. The molecule has 346 valence electrons. The average Bonchev–Trinajstić information content (AvgIpc) is 3.74. The third-order valence-corrected chi connectivity index (χ3v) is 18.2. The van der Waals surface area contributed by atoms with E-state index < -0.39 is 0 Å². The van der Waals surface area contributed by atoms with Gasteiger partial charge in [-0.3, -0.25) is 0 Å². The lowest BCUT2D eigenvalue weighted by Crippen LogP contribution is -2.43. The Balaban J connectivity index is 0.940. The Morgan fingerprint density at radius 1 is 0.254 bits per heavy atom. The second kappa shape index (κ2) is 13.9. The van der Waals surface area contributed by atoms with Gasteiger partial charge in [-0.25, -0.2) is 0 Å². The van der Waals surface area contributed by atoms with E-state index in [9.17, 15) is 0 Å². The predicted octanol–water partition coefficient (Wildman–Crippen LogP) is 18.5. The molecule has 5 aliphatic rings. The number of anilines is 6. The van der Waals surface area contributed by atoms with Crippen molar-refractivity contribution in [2.45, 2.75) is 96.3 Å². The van der Waals surface area contributed by atoms with Crippen LogP contribution in [0, 0.1) is 0 Å². The number of fused-ring (bicyclic) bond motifs is 6. The van der Waals surface area contributed by atoms with Gasteiger partial charge in [-0.1, -0.05) is 191 Å². The third-order valence-electron chi connectivity index (χ3n) is 18.2. The van der Waals surface area contributed by atoms with E-state index in [0.717, 1.165) is 5.69 Å². The largest absolute Gasteiger partial charge is 0.310 e. The molecule has 0 saturated heterocycles. The number of hydrogen-bond donors (Lipinski definition) is 0. The number of nitrogens with zero attached hydrogens (tertiary/aromatic N) is 2. The van der Waals surface area contributed by atoms with Gasteiger partial charge in [-0.15, -0.1) is 0 Å². The first-order valence-corrected chi connectivity index (χ1v) is 25.8. The summed E-state index contributed by atoms with van der Waals surface area (Å²) in [6, 6.07) is 69.9. The summed E-state index contributed by atoms with van der Waals surface area (Å²) >= 11 is 0. The van der Waals surface area contributed by atoms with Gasteiger partial charge in [0.15, 0.2) is 0 Å². The van der Waals surface area contributed by atoms with Gasteiger partial charge >= 0.3 is 0 Å². The van der Waals surface area contributed by atoms with Gasteiger partial charge in [0.05, 0.1) is 17.1 Å². The van der Waals surface area contributed by atoms with E-state index in [4.69, 9.17) is 0 Å². The maximum Gasteiger partial charge on any atom is 0.0544 e. The first-order valence-electron chi connectivity index (χ1n) is 25.8. The fraction of sp³-hybridized carbons (Fsp3) is 0.217. The van der Waals surface area contributed by atoms with Crippen molar-refractivity contribution >= 4 is 34.1 Å². The zero-order valence-electron chi connectivity index (χ0n) is 42.7. The molecule has 0 spiro atoms. The number of para-hydroxylation sites is 1. The van der Waals surface area contributed by atoms with E-state index in [2.05, 4.69) is 261 Å². The van der Waals surface area contributed by atoms with Crippen molar-refractivity contribution in [1.29, 1.82) is 0 Å².